The van der Waals surface area contributed by atoms with Gasteiger partial charge in [0.2, 0.25) is 0 Å². The number of ether oxygens (including phenoxy) is 1. The second-order valence-electron chi connectivity index (χ2n) is 7.13. The molecule has 1 atom stereocenters. The van der Waals surface area contributed by atoms with Crippen LogP contribution in [0.25, 0.3) is 0 Å². The van der Waals surface area contributed by atoms with Crippen LogP contribution in [0.15, 0.2) is 42.5 Å². The number of nitrogens with one attached hydrogen (secondary N) is 1. The molecule has 0 spiro atoms. The largest absolute Gasteiger partial charge is 0.496 e. The van der Waals surface area contributed by atoms with E-state index in [0.717, 1.165) is 18.5 Å². The van der Waals surface area contributed by atoms with E-state index < -0.39 is 4.92 Å². The summed E-state index contributed by atoms with van der Waals surface area (Å²) >= 11 is 0. The molecule has 154 valence electrons. The molecule has 2 aromatic rings. The molecule has 1 unspecified atom stereocenters. The Morgan fingerprint density at radius 3 is 2.90 bits per heavy atom. The lowest BCUT2D eigenvalue weighted by molar-refractivity contribution is -0.384. The Morgan fingerprint density at radius 2 is 2.17 bits per heavy atom. The van der Waals surface area contributed by atoms with Crippen molar-refractivity contribution >= 4 is 17.3 Å². The molecule has 0 saturated carbocycles. The van der Waals surface area contributed by atoms with E-state index in [0.29, 0.717) is 36.5 Å². The Kier molecular flexibility index (Phi) is 6.66. The maximum absolute atomic E-state index is 12.8. The third-order valence-corrected chi connectivity index (χ3v) is 5.13. The highest BCUT2D eigenvalue weighted by atomic mass is 16.6. The van der Waals surface area contributed by atoms with Crippen molar-refractivity contribution in [1.82, 2.24) is 4.90 Å². The Balaban J connectivity index is 1.71. The summed E-state index contributed by atoms with van der Waals surface area (Å²) in [6.07, 6.45) is 1.83. The topological polar surface area (TPSA) is 105 Å². The molecule has 1 heterocycles. The number of piperidine rings is 1. The smallest absolute Gasteiger partial charge is 0.270 e. The average Bonchev–Trinajstić information content (AvgIpc) is 2.77. The van der Waals surface area contributed by atoms with E-state index in [1.54, 1.807) is 29.2 Å². The fourth-order valence-corrected chi connectivity index (χ4v) is 3.56. The maximum Gasteiger partial charge on any atom is 0.270 e. The van der Waals surface area contributed by atoms with Gasteiger partial charge in [-0.3, -0.25) is 14.9 Å². The van der Waals surface area contributed by atoms with Crippen LogP contribution in [0.4, 0.5) is 11.4 Å². The number of carbonyl (C=O) groups excluding carboxylic acids is 1. The molecular formula is C21H25N3O5. The molecular weight excluding hydrogens is 374 g/mol. The summed E-state index contributed by atoms with van der Waals surface area (Å²) in [7, 11) is 1.52. The predicted octanol–water partition coefficient (Wildman–Crippen LogP) is 3.06. The van der Waals surface area contributed by atoms with Gasteiger partial charge in [-0.2, -0.15) is 0 Å². The number of aliphatic hydroxyl groups excluding tert-OH is 1. The lowest BCUT2D eigenvalue weighted by Gasteiger charge is -2.32. The zero-order valence-electron chi connectivity index (χ0n) is 16.3. The molecule has 8 heteroatoms. The monoisotopic (exact) mass is 399 g/mol. The van der Waals surface area contributed by atoms with Crippen molar-refractivity contribution in [2.75, 3.05) is 32.1 Å². The minimum atomic E-state index is -0.444. The number of likely N-dealkylation sites (tertiary alicyclic amines) is 1. The molecule has 1 aliphatic heterocycles. The fourth-order valence-electron chi connectivity index (χ4n) is 3.56. The summed E-state index contributed by atoms with van der Waals surface area (Å²) in [4.78, 5) is 25.2. The number of carbonyl (C=O) groups is 1. The molecule has 2 aromatic carbocycles. The summed E-state index contributed by atoms with van der Waals surface area (Å²) in [5.41, 5.74) is 1.95. The molecule has 29 heavy (non-hydrogen) atoms. The normalized spacial score (nSPS) is 16.3. The molecule has 8 nitrogen and oxygen atoms in total. The lowest BCUT2D eigenvalue weighted by atomic mass is 9.98. The second-order valence-corrected chi connectivity index (χ2v) is 7.13. The first-order chi connectivity index (χ1) is 14.0. The molecule has 3 rings (SSSR count). The van der Waals surface area contributed by atoms with Crippen molar-refractivity contribution in [3.63, 3.8) is 0 Å². The van der Waals surface area contributed by atoms with Crippen molar-refractivity contribution in [3.05, 3.63) is 63.7 Å². The van der Waals surface area contributed by atoms with Crippen LogP contribution in [0.3, 0.4) is 0 Å². The Morgan fingerprint density at radius 1 is 1.34 bits per heavy atom. The fraction of sp³-hybridized carbons (Fsp3) is 0.381. The van der Waals surface area contributed by atoms with Crippen LogP contribution >= 0.6 is 0 Å². The van der Waals surface area contributed by atoms with Gasteiger partial charge in [0, 0.05) is 55.2 Å². The molecule has 2 N–H and O–H groups in total. The van der Waals surface area contributed by atoms with Crippen molar-refractivity contribution in [3.8, 4) is 5.75 Å². The summed E-state index contributed by atoms with van der Waals surface area (Å²) in [6, 6.07) is 11.6. The summed E-state index contributed by atoms with van der Waals surface area (Å²) in [5.74, 6) is 0.633. The highest BCUT2D eigenvalue weighted by Crippen LogP contribution is 2.25. The number of nitro benzene ring substituents is 1. The van der Waals surface area contributed by atoms with E-state index in [1.165, 1.54) is 19.2 Å². The number of non-ortho nitro benzene ring substituents is 1. The van der Waals surface area contributed by atoms with Gasteiger partial charge in [-0.05, 0) is 43.0 Å². The number of nitro groups is 1. The molecule has 1 saturated heterocycles. The van der Waals surface area contributed by atoms with Gasteiger partial charge in [0.25, 0.3) is 11.6 Å². The van der Waals surface area contributed by atoms with Crippen LogP contribution in [-0.4, -0.2) is 47.6 Å². The van der Waals surface area contributed by atoms with Gasteiger partial charge in [0.15, 0.2) is 0 Å². The molecule has 1 amide bonds. The number of benzene rings is 2. The van der Waals surface area contributed by atoms with Crippen LogP contribution < -0.4 is 10.1 Å². The third-order valence-electron chi connectivity index (χ3n) is 5.13. The highest BCUT2D eigenvalue weighted by Gasteiger charge is 2.24. The minimum absolute atomic E-state index is 0.00457. The van der Waals surface area contributed by atoms with Crippen molar-refractivity contribution in [2.45, 2.75) is 19.4 Å². The molecule has 0 radical (unpaired) electrons. The molecule has 0 aromatic heterocycles. The lowest BCUT2D eigenvalue weighted by Crippen LogP contribution is -2.40. The van der Waals surface area contributed by atoms with Crippen LogP contribution in [-0.2, 0) is 6.54 Å². The molecule has 0 bridgehead atoms. The van der Waals surface area contributed by atoms with Crippen LogP contribution in [0, 0.1) is 16.0 Å². The predicted molar refractivity (Wildman–Crippen MR) is 109 cm³/mol. The number of amides is 1. The summed E-state index contributed by atoms with van der Waals surface area (Å²) < 4.78 is 5.29. The van der Waals surface area contributed by atoms with Crippen molar-refractivity contribution < 1.29 is 19.6 Å². The number of hydrogen-bond donors (Lipinski definition) is 2. The quantitative estimate of drug-likeness (QED) is 0.548. The number of nitrogens with zero attached hydrogens (tertiary/aromatic N) is 2. The summed E-state index contributed by atoms with van der Waals surface area (Å²) in [6.45, 7) is 1.67. The number of methoxy groups -OCH3 is 1. The zero-order chi connectivity index (χ0) is 20.8. The van der Waals surface area contributed by atoms with Crippen LogP contribution in [0.5, 0.6) is 5.75 Å². The van der Waals surface area contributed by atoms with Crippen molar-refractivity contribution in [1.29, 1.82) is 0 Å². The van der Waals surface area contributed by atoms with Gasteiger partial charge in [0.1, 0.15) is 5.75 Å². The van der Waals surface area contributed by atoms with Crippen LogP contribution in [0.1, 0.15) is 28.8 Å². The van der Waals surface area contributed by atoms with E-state index in [9.17, 15) is 20.0 Å². The third kappa shape index (κ3) is 5.03. The number of hydrogen-bond acceptors (Lipinski definition) is 6. The van der Waals surface area contributed by atoms with E-state index in [-0.39, 0.29) is 24.1 Å². The van der Waals surface area contributed by atoms with Gasteiger partial charge >= 0.3 is 0 Å². The summed E-state index contributed by atoms with van der Waals surface area (Å²) in [5, 5.41) is 23.6. The van der Waals surface area contributed by atoms with Crippen LogP contribution in [0.2, 0.25) is 0 Å². The van der Waals surface area contributed by atoms with E-state index in [1.807, 2.05) is 6.07 Å². The number of aliphatic hydroxyl groups is 1. The molecule has 1 aliphatic rings. The van der Waals surface area contributed by atoms with Crippen molar-refractivity contribution in [2.24, 2.45) is 5.92 Å². The first kappa shape index (κ1) is 20.6. The molecule has 0 aliphatic carbocycles. The van der Waals surface area contributed by atoms with E-state index in [4.69, 9.17) is 4.74 Å². The second kappa shape index (κ2) is 9.38. The maximum atomic E-state index is 12.8. The number of rotatable bonds is 7. The Bertz CT molecular complexity index is 886. The van der Waals surface area contributed by atoms with Gasteiger partial charge < -0.3 is 20.1 Å². The van der Waals surface area contributed by atoms with E-state index >= 15 is 0 Å². The van der Waals surface area contributed by atoms with Gasteiger partial charge in [0.05, 0.1) is 12.0 Å². The Hall–Kier alpha value is -3.13. The first-order valence-corrected chi connectivity index (χ1v) is 9.57. The van der Waals surface area contributed by atoms with Gasteiger partial charge in [-0.1, -0.05) is 6.07 Å². The first-order valence-electron chi connectivity index (χ1n) is 9.57. The molecule has 1 fully saturated rings. The number of anilines is 1. The van der Waals surface area contributed by atoms with E-state index in [2.05, 4.69) is 5.32 Å². The Labute approximate surface area is 169 Å². The highest BCUT2D eigenvalue weighted by molar-refractivity contribution is 5.95. The SMILES string of the molecule is COc1ccc([N+](=O)[O-])cc1CNc1cccc(C(=O)N2CCCC(CO)C2)c1. The van der Waals surface area contributed by atoms with Gasteiger partial charge in [-0.25, -0.2) is 0 Å². The minimum Gasteiger partial charge on any atom is -0.496 e. The zero-order valence-corrected chi connectivity index (χ0v) is 16.3. The average molecular weight is 399 g/mol. The van der Waals surface area contributed by atoms with Gasteiger partial charge in [-0.15, -0.1) is 0 Å². The standard InChI is InChI=1S/C21H25N3O5/c1-29-20-8-7-19(24(27)28)11-17(20)12-22-18-6-2-5-16(10-18)21(26)23-9-3-4-15(13-23)14-25/h2,5-8,10-11,15,22,25H,3-4,9,12-14H2,1H3.